The fourth-order valence-electron chi connectivity index (χ4n) is 2.90. The summed E-state index contributed by atoms with van der Waals surface area (Å²) in [5, 5.41) is 18.7. The van der Waals surface area contributed by atoms with Crippen molar-refractivity contribution in [2.45, 2.75) is 25.2 Å². The highest BCUT2D eigenvalue weighted by molar-refractivity contribution is 14.1. The zero-order chi connectivity index (χ0) is 20.5. The van der Waals surface area contributed by atoms with Gasteiger partial charge in [0.1, 0.15) is 29.8 Å². The molecular formula is C19H17I3O6. The number of hydrogen-bond donors (Lipinski definition) is 2. The van der Waals surface area contributed by atoms with Crippen LogP contribution in [-0.2, 0) is 15.9 Å². The highest BCUT2D eigenvalue weighted by atomic mass is 127. The molecule has 2 N–H and O–H groups in total. The molecule has 9 heteroatoms. The number of ether oxygens (including phenoxy) is 3. The van der Waals surface area contributed by atoms with Gasteiger partial charge < -0.3 is 24.4 Å². The van der Waals surface area contributed by atoms with Crippen molar-refractivity contribution < 1.29 is 29.2 Å². The van der Waals surface area contributed by atoms with Crippen LogP contribution < -0.4 is 4.74 Å². The lowest BCUT2D eigenvalue weighted by molar-refractivity contribution is -0.155. The van der Waals surface area contributed by atoms with Gasteiger partial charge in [-0.25, -0.2) is 4.79 Å². The minimum absolute atomic E-state index is 0.165. The number of carboxylic acid groups (broad SMARTS) is 1. The molecule has 3 rings (SSSR count). The highest BCUT2D eigenvalue weighted by Gasteiger charge is 2.38. The van der Waals surface area contributed by atoms with Crippen LogP contribution in [0.1, 0.15) is 22.8 Å². The van der Waals surface area contributed by atoms with Crippen LogP contribution in [0.2, 0.25) is 0 Å². The predicted molar refractivity (Wildman–Crippen MR) is 128 cm³/mol. The van der Waals surface area contributed by atoms with Crippen LogP contribution in [-0.4, -0.2) is 41.3 Å². The van der Waals surface area contributed by atoms with Gasteiger partial charge in [-0.15, -0.1) is 0 Å². The van der Waals surface area contributed by atoms with E-state index in [1.54, 1.807) is 0 Å². The van der Waals surface area contributed by atoms with Gasteiger partial charge in [0.05, 0.1) is 6.61 Å². The number of aromatic carboxylic acids is 1. The summed E-state index contributed by atoms with van der Waals surface area (Å²) in [5.74, 6) is -1.88. The minimum atomic E-state index is -1.19. The average molecular weight is 722 g/mol. The Labute approximate surface area is 203 Å². The van der Waals surface area contributed by atoms with E-state index in [2.05, 4.69) is 79.9 Å². The first-order valence-electron chi connectivity index (χ1n) is 8.31. The van der Waals surface area contributed by atoms with Gasteiger partial charge in [-0.3, -0.25) is 0 Å². The van der Waals surface area contributed by atoms with Crippen LogP contribution in [0, 0.1) is 10.7 Å². The fraction of sp³-hybridized carbons (Fsp3) is 0.316. The maximum atomic E-state index is 10.9. The first kappa shape index (κ1) is 22.3. The Bertz CT molecular complexity index is 880. The van der Waals surface area contributed by atoms with Gasteiger partial charge >= 0.3 is 5.97 Å². The summed E-state index contributed by atoms with van der Waals surface area (Å²) in [6.45, 7) is 2.56. The van der Waals surface area contributed by atoms with Gasteiger partial charge in [0.25, 0.3) is 0 Å². The summed E-state index contributed by atoms with van der Waals surface area (Å²) >= 11 is 6.97. The molecule has 1 fully saturated rings. The van der Waals surface area contributed by atoms with Crippen LogP contribution in [0.15, 0.2) is 30.3 Å². The Morgan fingerprint density at radius 2 is 1.93 bits per heavy atom. The van der Waals surface area contributed by atoms with Crippen LogP contribution in [0.4, 0.5) is 0 Å². The Kier molecular flexibility index (Phi) is 7.32. The topological polar surface area (TPSA) is 85.2 Å². The van der Waals surface area contributed by atoms with E-state index in [0.29, 0.717) is 18.8 Å². The van der Waals surface area contributed by atoms with E-state index in [1.807, 2.05) is 6.92 Å². The molecule has 1 aliphatic heterocycles. The maximum Gasteiger partial charge on any atom is 0.339 e. The summed E-state index contributed by atoms with van der Waals surface area (Å²) in [6, 6.07) is 8.36. The molecule has 28 heavy (non-hydrogen) atoms. The van der Waals surface area contributed by atoms with Gasteiger partial charge in [-0.1, -0.05) is 0 Å². The molecule has 1 saturated heterocycles. The molecular weight excluding hydrogens is 705 g/mol. The molecule has 2 aromatic rings. The third kappa shape index (κ3) is 5.40. The van der Waals surface area contributed by atoms with Crippen molar-refractivity contribution in [1.29, 1.82) is 0 Å². The number of hydrogen-bond acceptors (Lipinski definition) is 5. The fourth-order valence-corrected chi connectivity index (χ4v) is 6.86. The lowest BCUT2D eigenvalue weighted by atomic mass is 10.1. The minimum Gasteiger partial charge on any atom is -0.507 e. The second kappa shape index (κ2) is 9.18. The number of phenols is 1. The molecule has 0 spiro atoms. The van der Waals surface area contributed by atoms with Crippen LogP contribution in [0.25, 0.3) is 0 Å². The predicted octanol–water partition coefficient (Wildman–Crippen LogP) is 4.66. The van der Waals surface area contributed by atoms with Gasteiger partial charge in [0.2, 0.25) is 0 Å². The summed E-state index contributed by atoms with van der Waals surface area (Å²) in [5.41, 5.74) is 1.03. The lowest BCUT2D eigenvalue weighted by Gasteiger charge is -2.25. The number of rotatable bonds is 6. The molecule has 0 bridgehead atoms. The van der Waals surface area contributed by atoms with Crippen molar-refractivity contribution in [2.75, 3.05) is 13.2 Å². The third-order valence-electron chi connectivity index (χ3n) is 4.23. The Morgan fingerprint density at radius 3 is 2.54 bits per heavy atom. The molecule has 2 unspecified atom stereocenters. The van der Waals surface area contributed by atoms with Crippen molar-refractivity contribution in [3.8, 4) is 11.5 Å². The number of halogens is 3. The standard InChI is InChI=1S/C19H17I3O6/c1-19(7-14-15(21)4-10(20)5-16(14)22)27-9-12(28-19)8-26-11-2-3-13(18(24)25)17(23)6-11/h2-6,12,23H,7-9H2,1H3,(H,24,25). The SMILES string of the molecule is CC1(Cc2c(I)cc(I)cc2I)OCC(COc2ccc(C(=O)O)c(O)c2)O1. The smallest absolute Gasteiger partial charge is 0.339 e. The van der Waals surface area contributed by atoms with Crippen LogP contribution in [0.5, 0.6) is 11.5 Å². The summed E-state index contributed by atoms with van der Waals surface area (Å²) in [6.07, 6.45) is 0.371. The Hall–Kier alpha value is -0.380. The van der Waals surface area contributed by atoms with E-state index in [-0.39, 0.29) is 24.0 Å². The Balaban J connectivity index is 1.61. The van der Waals surface area contributed by atoms with E-state index in [9.17, 15) is 9.90 Å². The van der Waals surface area contributed by atoms with E-state index in [0.717, 1.165) is 0 Å². The first-order valence-corrected chi connectivity index (χ1v) is 11.5. The van der Waals surface area contributed by atoms with Crippen molar-refractivity contribution in [3.63, 3.8) is 0 Å². The first-order chi connectivity index (χ1) is 13.2. The van der Waals surface area contributed by atoms with E-state index >= 15 is 0 Å². The molecule has 0 saturated carbocycles. The molecule has 150 valence electrons. The second-order valence-corrected chi connectivity index (χ2v) is 10.1. The zero-order valence-corrected chi connectivity index (χ0v) is 21.2. The summed E-state index contributed by atoms with van der Waals surface area (Å²) in [4.78, 5) is 10.9. The van der Waals surface area contributed by atoms with Gasteiger partial charge in [0, 0.05) is 23.2 Å². The number of carbonyl (C=O) groups is 1. The molecule has 0 radical (unpaired) electrons. The summed E-state index contributed by atoms with van der Waals surface area (Å²) in [7, 11) is 0. The van der Waals surface area contributed by atoms with Gasteiger partial charge in [0.15, 0.2) is 5.79 Å². The van der Waals surface area contributed by atoms with Crippen molar-refractivity contribution in [3.05, 3.63) is 52.2 Å². The zero-order valence-electron chi connectivity index (χ0n) is 14.7. The maximum absolute atomic E-state index is 10.9. The Morgan fingerprint density at radius 1 is 1.25 bits per heavy atom. The molecule has 2 atom stereocenters. The molecule has 1 heterocycles. The molecule has 6 nitrogen and oxygen atoms in total. The molecule has 0 amide bonds. The van der Waals surface area contributed by atoms with E-state index < -0.39 is 11.8 Å². The third-order valence-corrected chi connectivity index (χ3v) is 6.78. The van der Waals surface area contributed by atoms with Crippen molar-refractivity contribution >= 4 is 73.7 Å². The van der Waals surface area contributed by atoms with Crippen molar-refractivity contribution in [2.24, 2.45) is 0 Å². The molecule has 0 aromatic heterocycles. The van der Waals surface area contributed by atoms with Crippen molar-refractivity contribution in [1.82, 2.24) is 0 Å². The highest BCUT2D eigenvalue weighted by Crippen LogP contribution is 2.32. The lowest BCUT2D eigenvalue weighted by Crippen LogP contribution is -2.31. The quantitative estimate of drug-likeness (QED) is 0.423. The molecule has 1 aliphatic rings. The number of carboxylic acids is 1. The van der Waals surface area contributed by atoms with E-state index in [1.165, 1.54) is 34.5 Å². The second-order valence-electron chi connectivity index (χ2n) is 6.50. The van der Waals surface area contributed by atoms with Gasteiger partial charge in [-0.2, -0.15) is 0 Å². The van der Waals surface area contributed by atoms with Gasteiger partial charge in [-0.05, 0) is 105 Å². The summed E-state index contributed by atoms with van der Waals surface area (Å²) < 4.78 is 21.2. The van der Waals surface area contributed by atoms with Crippen LogP contribution in [0.3, 0.4) is 0 Å². The largest absolute Gasteiger partial charge is 0.507 e. The number of benzene rings is 2. The molecule has 0 aliphatic carbocycles. The monoisotopic (exact) mass is 722 g/mol. The molecule has 2 aromatic carbocycles. The average Bonchev–Trinajstić information content (AvgIpc) is 2.97. The number of aromatic hydroxyl groups is 1. The van der Waals surface area contributed by atoms with E-state index in [4.69, 9.17) is 19.3 Å². The van der Waals surface area contributed by atoms with Crippen LogP contribution >= 0.6 is 67.8 Å². The normalized spacial score (nSPS) is 21.6.